The highest BCUT2D eigenvalue weighted by Crippen LogP contribution is 2.21. The van der Waals surface area contributed by atoms with Crippen molar-refractivity contribution in [2.75, 3.05) is 38.2 Å². The maximum Gasteiger partial charge on any atom is 0.253 e. The van der Waals surface area contributed by atoms with E-state index in [9.17, 15) is 4.79 Å². The van der Waals surface area contributed by atoms with Gasteiger partial charge in [-0.15, -0.1) is 0 Å². The van der Waals surface area contributed by atoms with Gasteiger partial charge < -0.3 is 15.4 Å². The molecule has 2 aromatic rings. The van der Waals surface area contributed by atoms with Gasteiger partial charge in [0.2, 0.25) is 0 Å². The van der Waals surface area contributed by atoms with Crippen molar-refractivity contribution in [3.05, 3.63) is 60.2 Å². The molecule has 3 rings (SSSR count). The van der Waals surface area contributed by atoms with E-state index in [2.05, 4.69) is 29.4 Å². The third-order valence-corrected chi connectivity index (χ3v) is 4.77. The Balaban J connectivity index is 1.66. The first-order valence-corrected chi connectivity index (χ1v) is 9.08. The first-order valence-electron chi connectivity index (χ1n) is 9.08. The van der Waals surface area contributed by atoms with Crippen molar-refractivity contribution < 1.29 is 9.53 Å². The van der Waals surface area contributed by atoms with E-state index in [0.717, 1.165) is 37.7 Å². The highest BCUT2D eigenvalue weighted by molar-refractivity contribution is 6.00. The van der Waals surface area contributed by atoms with E-state index in [1.807, 2.05) is 54.6 Å². The molecule has 1 fully saturated rings. The Morgan fingerprint density at radius 3 is 2.42 bits per heavy atom. The number of hydrogen-bond acceptors (Lipinski definition) is 4. The van der Waals surface area contributed by atoms with Gasteiger partial charge in [-0.05, 0) is 38.1 Å². The lowest BCUT2D eigenvalue weighted by atomic mass is 10.0. The van der Waals surface area contributed by atoms with Crippen LogP contribution < -0.4 is 10.6 Å². The van der Waals surface area contributed by atoms with E-state index in [1.54, 1.807) is 0 Å². The molecule has 0 spiro atoms. The van der Waals surface area contributed by atoms with Crippen LogP contribution in [-0.4, -0.2) is 49.2 Å². The molecule has 138 valence electrons. The molecule has 2 N–H and O–H groups in total. The van der Waals surface area contributed by atoms with Crippen molar-refractivity contribution in [1.29, 1.82) is 0 Å². The minimum Gasteiger partial charge on any atom is -0.379 e. The van der Waals surface area contributed by atoms with Crippen LogP contribution in [0.1, 0.15) is 24.2 Å². The number of rotatable bonds is 6. The van der Waals surface area contributed by atoms with Crippen molar-refractivity contribution >= 4 is 17.3 Å². The summed E-state index contributed by atoms with van der Waals surface area (Å²) in [5.41, 5.74) is 2.30. The van der Waals surface area contributed by atoms with Crippen molar-refractivity contribution in [3.8, 4) is 0 Å². The summed E-state index contributed by atoms with van der Waals surface area (Å²) < 4.78 is 5.42. The third-order valence-electron chi connectivity index (χ3n) is 4.77. The monoisotopic (exact) mass is 353 g/mol. The fourth-order valence-electron chi connectivity index (χ4n) is 3.14. The summed E-state index contributed by atoms with van der Waals surface area (Å²) in [6.45, 7) is 8.21. The van der Waals surface area contributed by atoms with Crippen molar-refractivity contribution in [2.45, 2.75) is 19.4 Å². The normalized spacial score (nSPS) is 15.5. The fraction of sp³-hybridized carbons (Fsp3) is 0.381. The molecule has 1 amide bonds. The van der Waals surface area contributed by atoms with Gasteiger partial charge in [-0.2, -0.15) is 0 Å². The topological polar surface area (TPSA) is 53.6 Å². The van der Waals surface area contributed by atoms with Crippen LogP contribution in [0, 0.1) is 0 Å². The zero-order valence-electron chi connectivity index (χ0n) is 15.5. The Labute approximate surface area is 155 Å². The molecule has 5 nitrogen and oxygen atoms in total. The van der Waals surface area contributed by atoms with E-state index in [-0.39, 0.29) is 11.4 Å². The molecule has 0 aromatic heterocycles. The zero-order chi connectivity index (χ0) is 18.4. The van der Waals surface area contributed by atoms with Crippen molar-refractivity contribution in [2.24, 2.45) is 0 Å². The fourth-order valence-corrected chi connectivity index (χ4v) is 3.14. The third kappa shape index (κ3) is 4.62. The second-order valence-corrected chi connectivity index (χ2v) is 7.13. The van der Waals surface area contributed by atoms with Gasteiger partial charge in [0.1, 0.15) is 0 Å². The van der Waals surface area contributed by atoms with Gasteiger partial charge in [-0.1, -0.05) is 30.3 Å². The molecule has 1 saturated heterocycles. The van der Waals surface area contributed by atoms with Crippen LogP contribution in [0.5, 0.6) is 0 Å². The number of nitrogens with zero attached hydrogens (tertiary/aromatic N) is 1. The molecule has 0 radical (unpaired) electrons. The SMILES string of the molecule is CC(C)(CNC(=O)c1ccccc1Nc1ccccc1)N1CCOCC1. The van der Waals surface area contributed by atoms with E-state index in [1.165, 1.54) is 0 Å². The number of morpholine rings is 1. The summed E-state index contributed by atoms with van der Waals surface area (Å²) in [5, 5.41) is 6.43. The predicted octanol–water partition coefficient (Wildman–Crippen LogP) is 3.27. The number of anilines is 2. The average Bonchev–Trinajstić information content (AvgIpc) is 2.68. The Hall–Kier alpha value is -2.37. The van der Waals surface area contributed by atoms with Crippen LogP contribution in [0.25, 0.3) is 0 Å². The van der Waals surface area contributed by atoms with Crippen LogP contribution in [-0.2, 0) is 4.74 Å². The standard InChI is InChI=1S/C21H27N3O2/c1-21(2,24-12-14-26-15-13-24)16-22-20(25)18-10-6-7-11-19(18)23-17-8-4-3-5-9-17/h3-11,23H,12-16H2,1-2H3,(H,22,25). The summed E-state index contributed by atoms with van der Waals surface area (Å²) in [7, 11) is 0. The second-order valence-electron chi connectivity index (χ2n) is 7.13. The molecule has 1 aliphatic heterocycles. The lowest BCUT2D eigenvalue weighted by molar-refractivity contribution is -0.00923. The molecule has 1 aliphatic rings. The molecule has 0 aliphatic carbocycles. The first-order chi connectivity index (χ1) is 12.6. The van der Waals surface area contributed by atoms with Gasteiger partial charge in [0.15, 0.2) is 0 Å². The van der Waals surface area contributed by atoms with E-state index < -0.39 is 0 Å². The minimum atomic E-state index is -0.110. The van der Waals surface area contributed by atoms with E-state index in [0.29, 0.717) is 12.1 Å². The number of amides is 1. The summed E-state index contributed by atoms with van der Waals surface area (Å²) in [6, 6.07) is 17.5. The number of ether oxygens (including phenoxy) is 1. The van der Waals surface area contributed by atoms with Crippen LogP contribution in [0.4, 0.5) is 11.4 Å². The maximum absolute atomic E-state index is 12.8. The van der Waals surface area contributed by atoms with Gasteiger partial charge in [0.05, 0.1) is 24.5 Å². The molecule has 0 saturated carbocycles. The maximum atomic E-state index is 12.8. The quantitative estimate of drug-likeness (QED) is 0.837. The lowest BCUT2D eigenvalue weighted by Crippen LogP contribution is -2.55. The average molecular weight is 353 g/mol. The molecule has 0 bridgehead atoms. The molecular weight excluding hydrogens is 326 g/mol. The molecule has 1 heterocycles. The number of nitrogens with one attached hydrogen (secondary N) is 2. The summed E-state index contributed by atoms with van der Waals surface area (Å²) >= 11 is 0. The first kappa shape index (κ1) is 18.4. The van der Waals surface area contributed by atoms with Crippen LogP contribution in [0.15, 0.2) is 54.6 Å². The summed E-state index contributed by atoms with van der Waals surface area (Å²) in [6.07, 6.45) is 0. The Kier molecular flexibility index (Phi) is 5.91. The molecule has 5 heteroatoms. The molecule has 0 atom stereocenters. The zero-order valence-corrected chi connectivity index (χ0v) is 15.5. The van der Waals surface area contributed by atoms with Gasteiger partial charge >= 0.3 is 0 Å². The van der Waals surface area contributed by atoms with Crippen LogP contribution >= 0.6 is 0 Å². The van der Waals surface area contributed by atoms with Crippen LogP contribution in [0.3, 0.4) is 0 Å². The molecular formula is C21H27N3O2. The number of para-hydroxylation sites is 2. The number of carbonyl (C=O) groups excluding carboxylic acids is 1. The molecule has 0 unspecified atom stereocenters. The van der Waals surface area contributed by atoms with Gasteiger partial charge in [0, 0.05) is 30.9 Å². The van der Waals surface area contributed by atoms with Crippen molar-refractivity contribution in [3.63, 3.8) is 0 Å². The number of benzene rings is 2. The van der Waals surface area contributed by atoms with Gasteiger partial charge in [-0.25, -0.2) is 0 Å². The Bertz CT molecular complexity index is 725. The highest BCUT2D eigenvalue weighted by Gasteiger charge is 2.28. The summed E-state index contributed by atoms with van der Waals surface area (Å²) in [4.78, 5) is 15.2. The van der Waals surface area contributed by atoms with Gasteiger partial charge in [0.25, 0.3) is 5.91 Å². The largest absolute Gasteiger partial charge is 0.379 e. The Morgan fingerprint density at radius 1 is 1.04 bits per heavy atom. The number of hydrogen-bond donors (Lipinski definition) is 2. The second kappa shape index (κ2) is 8.34. The minimum absolute atomic E-state index is 0.0645. The lowest BCUT2D eigenvalue weighted by Gasteiger charge is -2.40. The summed E-state index contributed by atoms with van der Waals surface area (Å²) in [5.74, 6) is -0.0645. The van der Waals surface area contributed by atoms with Gasteiger partial charge in [-0.3, -0.25) is 9.69 Å². The Morgan fingerprint density at radius 2 is 1.69 bits per heavy atom. The molecule has 2 aromatic carbocycles. The predicted molar refractivity (Wildman–Crippen MR) is 105 cm³/mol. The van der Waals surface area contributed by atoms with E-state index in [4.69, 9.17) is 4.74 Å². The highest BCUT2D eigenvalue weighted by atomic mass is 16.5. The smallest absolute Gasteiger partial charge is 0.253 e. The number of carbonyl (C=O) groups is 1. The van der Waals surface area contributed by atoms with E-state index >= 15 is 0 Å². The van der Waals surface area contributed by atoms with Crippen molar-refractivity contribution in [1.82, 2.24) is 10.2 Å². The molecule has 26 heavy (non-hydrogen) atoms. The van der Waals surface area contributed by atoms with Crippen LogP contribution in [0.2, 0.25) is 0 Å².